The Morgan fingerprint density at radius 2 is 1.31 bits per heavy atom. The molecule has 0 amide bonds. The third-order valence-corrected chi connectivity index (χ3v) is 3.64. The third-order valence-electron chi connectivity index (χ3n) is 3.64. The highest BCUT2D eigenvalue weighted by Crippen LogP contribution is 2.15. The van der Waals surface area contributed by atoms with Gasteiger partial charge < -0.3 is 19.5 Å². The Kier molecular flexibility index (Phi) is 9.25. The van der Waals surface area contributed by atoms with Crippen LogP contribution in [0.3, 0.4) is 0 Å². The molecule has 0 heterocycles. The molecule has 26 heavy (non-hydrogen) atoms. The Hall–Kier alpha value is -2.37. The van der Waals surface area contributed by atoms with Gasteiger partial charge >= 0.3 is 0 Å². The first-order valence-corrected chi connectivity index (χ1v) is 8.72. The van der Waals surface area contributed by atoms with Gasteiger partial charge in [0.2, 0.25) is 0 Å². The van der Waals surface area contributed by atoms with Crippen molar-refractivity contribution in [1.29, 1.82) is 0 Å². The Labute approximate surface area is 154 Å². The predicted octanol–water partition coefficient (Wildman–Crippen LogP) is 4.28. The topological polar surface area (TPSA) is 39.7 Å². The summed E-state index contributed by atoms with van der Waals surface area (Å²) < 4.78 is 27.7. The first-order valence-electron chi connectivity index (χ1n) is 8.72. The van der Waals surface area contributed by atoms with Crippen LogP contribution in [-0.2, 0) is 9.47 Å². The molecular formula is C21H26FNO3. The minimum atomic E-state index is -0.461. The average Bonchev–Trinajstić information content (AvgIpc) is 2.69. The lowest BCUT2D eigenvalue weighted by Crippen LogP contribution is -2.11. The maximum absolute atomic E-state index is 11.8. The minimum Gasteiger partial charge on any atom is -0.491 e. The van der Waals surface area contributed by atoms with E-state index < -0.39 is 6.67 Å². The van der Waals surface area contributed by atoms with Crippen LogP contribution >= 0.6 is 0 Å². The van der Waals surface area contributed by atoms with Crippen LogP contribution in [-0.4, -0.2) is 46.8 Å². The fourth-order valence-electron chi connectivity index (χ4n) is 2.22. The highest BCUT2D eigenvalue weighted by molar-refractivity contribution is 5.70. The van der Waals surface area contributed by atoms with Crippen molar-refractivity contribution in [2.24, 2.45) is 0 Å². The van der Waals surface area contributed by atoms with E-state index in [2.05, 4.69) is 29.6 Å². The standard InChI is InChI=1S/C21H26FNO3/c1-23-20-8-4-18(5-9-20)2-3-19-6-10-21(11-7-19)26-17-16-25-15-14-24-13-12-22/h2-11,23H,12-17H2,1H3/b3-2+/i2+1. The van der Waals surface area contributed by atoms with Gasteiger partial charge in [-0.2, -0.15) is 0 Å². The number of anilines is 1. The number of hydrogen-bond acceptors (Lipinski definition) is 4. The van der Waals surface area contributed by atoms with E-state index in [1.165, 1.54) is 0 Å². The van der Waals surface area contributed by atoms with Crippen LogP contribution in [0.5, 0.6) is 5.75 Å². The quantitative estimate of drug-likeness (QED) is 0.348. The summed E-state index contributed by atoms with van der Waals surface area (Å²) in [5.74, 6) is 0.804. The smallest absolute Gasteiger partial charge is 0.119 e. The lowest BCUT2D eigenvalue weighted by molar-refractivity contribution is 0.0325. The highest BCUT2D eigenvalue weighted by Gasteiger charge is 1.95. The molecule has 2 aromatic carbocycles. The minimum absolute atomic E-state index is 0.127. The molecule has 0 fully saturated rings. The molecule has 0 aliphatic heterocycles. The van der Waals surface area contributed by atoms with Gasteiger partial charge in [0, 0.05) is 12.7 Å². The molecule has 0 unspecified atom stereocenters. The maximum atomic E-state index is 11.8. The summed E-state index contributed by atoms with van der Waals surface area (Å²) in [7, 11) is 1.91. The molecular weight excluding hydrogens is 334 g/mol. The van der Waals surface area contributed by atoms with Gasteiger partial charge in [-0.15, -0.1) is 0 Å². The lowest BCUT2D eigenvalue weighted by atomic mass is 10.2. The zero-order valence-corrected chi connectivity index (χ0v) is 15.1. The van der Waals surface area contributed by atoms with Crippen LogP contribution in [0, 0.1) is 0 Å². The van der Waals surface area contributed by atoms with E-state index in [1.54, 1.807) is 0 Å². The van der Waals surface area contributed by atoms with Crippen molar-refractivity contribution in [3.05, 3.63) is 59.7 Å². The Morgan fingerprint density at radius 1 is 0.769 bits per heavy atom. The highest BCUT2D eigenvalue weighted by atomic mass is 19.1. The van der Waals surface area contributed by atoms with Gasteiger partial charge in [0.25, 0.3) is 0 Å². The van der Waals surface area contributed by atoms with Gasteiger partial charge in [-0.3, -0.25) is 0 Å². The predicted molar refractivity (Wildman–Crippen MR) is 104 cm³/mol. The van der Waals surface area contributed by atoms with Crippen molar-refractivity contribution in [2.45, 2.75) is 0 Å². The first-order chi connectivity index (χ1) is 12.8. The molecule has 0 saturated heterocycles. The van der Waals surface area contributed by atoms with Crippen LogP contribution in [0.2, 0.25) is 0 Å². The van der Waals surface area contributed by atoms with Crippen LogP contribution < -0.4 is 10.1 Å². The second-order valence-electron chi connectivity index (χ2n) is 5.54. The molecule has 4 nitrogen and oxygen atoms in total. The molecule has 140 valence electrons. The van der Waals surface area contributed by atoms with Crippen LogP contribution in [0.1, 0.15) is 11.1 Å². The fourth-order valence-corrected chi connectivity index (χ4v) is 2.22. The molecule has 2 rings (SSSR count). The molecule has 0 radical (unpaired) electrons. The summed E-state index contributed by atoms with van der Waals surface area (Å²) >= 11 is 0. The lowest BCUT2D eigenvalue weighted by Gasteiger charge is -2.07. The third kappa shape index (κ3) is 7.68. The molecule has 5 heteroatoms. The summed E-state index contributed by atoms with van der Waals surface area (Å²) in [5.41, 5.74) is 3.35. The monoisotopic (exact) mass is 360 g/mol. The fraction of sp³-hybridized carbons (Fsp3) is 0.333. The zero-order chi connectivity index (χ0) is 18.5. The average molecular weight is 360 g/mol. The Bertz CT molecular complexity index is 641. The maximum Gasteiger partial charge on any atom is 0.119 e. The van der Waals surface area contributed by atoms with E-state index in [9.17, 15) is 4.39 Å². The van der Waals surface area contributed by atoms with Gasteiger partial charge in [-0.25, -0.2) is 4.39 Å². The Balaban J connectivity index is 1.68. The number of ether oxygens (including phenoxy) is 3. The van der Waals surface area contributed by atoms with Gasteiger partial charge in [0.1, 0.15) is 19.0 Å². The van der Waals surface area contributed by atoms with E-state index >= 15 is 0 Å². The summed E-state index contributed by atoms with van der Waals surface area (Å²) in [6.07, 6.45) is 4.15. The molecule has 0 bridgehead atoms. The molecule has 0 atom stereocenters. The van der Waals surface area contributed by atoms with Gasteiger partial charge in [-0.1, -0.05) is 36.4 Å². The number of alkyl halides is 1. The van der Waals surface area contributed by atoms with E-state index in [4.69, 9.17) is 14.2 Å². The van der Waals surface area contributed by atoms with Crippen molar-refractivity contribution in [3.8, 4) is 5.75 Å². The van der Waals surface area contributed by atoms with E-state index in [-0.39, 0.29) is 6.61 Å². The van der Waals surface area contributed by atoms with Crippen LogP contribution in [0.4, 0.5) is 10.1 Å². The number of rotatable bonds is 12. The van der Waals surface area contributed by atoms with Crippen molar-refractivity contribution in [2.75, 3.05) is 52.1 Å². The number of benzene rings is 2. The first kappa shape index (κ1) is 19.9. The number of halogens is 1. The molecule has 0 aliphatic rings. The van der Waals surface area contributed by atoms with Crippen molar-refractivity contribution < 1.29 is 18.6 Å². The van der Waals surface area contributed by atoms with Crippen molar-refractivity contribution >= 4 is 17.8 Å². The molecule has 0 spiro atoms. The van der Waals surface area contributed by atoms with Crippen LogP contribution in [0.15, 0.2) is 48.5 Å². The number of hydrogen-bond donors (Lipinski definition) is 1. The zero-order valence-electron chi connectivity index (χ0n) is 15.1. The van der Waals surface area contributed by atoms with E-state index in [0.29, 0.717) is 26.4 Å². The Morgan fingerprint density at radius 3 is 1.88 bits per heavy atom. The second-order valence-corrected chi connectivity index (χ2v) is 5.54. The van der Waals surface area contributed by atoms with Gasteiger partial charge in [0.05, 0.1) is 26.4 Å². The van der Waals surface area contributed by atoms with E-state index in [1.807, 2.05) is 43.4 Å². The van der Waals surface area contributed by atoms with Gasteiger partial charge in [-0.05, 0) is 35.4 Å². The number of nitrogens with one attached hydrogen (secondary N) is 1. The molecule has 1 N–H and O–H groups in total. The second kappa shape index (κ2) is 12.1. The summed E-state index contributed by atoms with van der Waals surface area (Å²) in [5, 5.41) is 3.10. The summed E-state index contributed by atoms with van der Waals surface area (Å²) in [6, 6.07) is 16.1. The van der Waals surface area contributed by atoms with Crippen LogP contribution in [0.25, 0.3) is 12.2 Å². The largest absolute Gasteiger partial charge is 0.491 e. The molecule has 0 aliphatic carbocycles. The molecule has 0 aromatic heterocycles. The van der Waals surface area contributed by atoms with Gasteiger partial charge in [0.15, 0.2) is 0 Å². The normalized spacial score (nSPS) is 11.0. The van der Waals surface area contributed by atoms with Crippen molar-refractivity contribution in [3.63, 3.8) is 0 Å². The summed E-state index contributed by atoms with van der Waals surface area (Å²) in [4.78, 5) is 0. The van der Waals surface area contributed by atoms with Crippen molar-refractivity contribution in [1.82, 2.24) is 0 Å². The van der Waals surface area contributed by atoms with E-state index in [0.717, 1.165) is 22.6 Å². The molecule has 2 aromatic rings. The molecule has 0 saturated carbocycles. The SMILES string of the molecule is CNc1ccc(/[13CH]=C/c2ccc(OCCOCCOCCF)cc2)cc1. The summed E-state index contributed by atoms with van der Waals surface area (Å²) in [6.45, 7) is 1.46.